The Balaban J connectivity index is 1.48. The van der Waals surface area contributed by atoms with Gasteiger partial charge < -0.3 is 29.3 Å². The van der Waals surface area contributed by atoms with Gasteiger partial charge in [-0.3, -0.25) is 14.4 Å². The maximum atomic E-state index is 14.8. The van der Waals surface area contributed by atoms with Gasteiger partial charge in [0.1, 0.15) is 17.4 Å². The topological polar surface area (TPSA) is 99.6 Å². The fraction of sp³-hybridized carbons (Fsp3) is 0.457. The molecule has 0 saturated carbocycles. The summed E-state index contributed by atoms with van der Waals surface area (Å²) in [4.78, 5) is 49.1. The highest BCUT2D eigenvalue weighted by molar-refractivity contribution is 6.06. The summed E-state index contributed by atoms with van der Waals surface area (Å²) in [6, 6.07) is 15.3. The zero-order valence-electron chi connectivity index (χ0n) is 25.8. The van der Waals surface area contributed by atoms with E-state index in [9.17, 15) is 19.5 Å². The van der Waals surface area contributed by atoms with Crippen LogP contribution in [0, 0.1) is 17.8 Å². The fourth-order valence-electron chi connectivity index (χ4n) is 7.67. The van der Waals surface area contributed by atoms with Gasteiger partial charge in [-0.1, -0.05) is 75.4 Å². The molecule has 0 bridgehead atoms. The van der Waals surface area contributed by atoms with Gasteiger partial charge in [0.2, 0.25) is 11.8 Å². The van der Waals surface area contributed by atoms with Crippen molar-refractivity contribution in [2.24, 2.45) is 17.8 Å². The summed E-state index contributed by atoms with van der Waals surface area (Å²) in [7, 11) is 1.58. The first-order chi connectivity index (χ1) is 21.2. The van der Waals surface area contributed by atoms with Gasteiger partial charge in [0.15, 0.2) is 0 Å². The highest BCUT2D eigenvalue weighted by atomic mass is 16.5. The molecule has 4 heterocycles. The number of nitrogens with zero attached hydrogens (tertiary/aromatic N) is 3. The van der Waals surface area contributed by atoms with Crippen molar-refractivity contribution in [3.8, 4) is 5.75 Å². The fourth-order valence-corrected chi connectivity index (χ4v) is 7.67. The van der Waals surface area contributed by atoms with Gasteiger partial charge in [-0.25, -0.2) is 0 Å². The van der Waals surface area contributed by atoms with E-state index in [-0.39, 0.29) is 36.8 Å². The number of methoxy groups -OCH3 is 1. The van der Waals surface area contributed by atoms with Crippen LogP contribution >= 0.6 is 0 Å². The van der Waals surface area contributed by atoms with Crippen LogP contribution in [-0.4, -0.2) is 82.7 Å². The van der Waals surface area contributed by atoms with Crippen LogP contribution in [-0.2, 0) is 25.7 Å². The van der Waals surface area contributed by atoms with Crippen molar-refractivity contribution in [2.75, 3.05) is 31.7 Å². The van der Waals surface area contributed by atoms with E-state index in [4.69, 9.17) is 9.47 Å². The summed E-state index contributed by atoms with van der Waals surface area (Å²) in [5.74, 6) is -2.08. The SMILES string of the molecule is CC[C@]12C=CCN(Cc3ccccc3)C(=O)[C@H]1[C@H]1C(=O)N([C@@H](CO)C(C)C)C3C(=O)N(c4ccc(OC)cc4)CC=C[C@@]31O2. The van der Waals surface area contributed by atoms with Crippen molar-refractivity contribution in [3.05, 3.63) is 84.5 Å². The van der Waals surface area contributed by atoms with Gasteiger partial charge in [0.05, 0.1) is 37.2 Å². The number of aliphatic hydroxyl groups is 1. The van der Waals surface area contributed by atoms with Crippen molar-refractivity contribution in [1.29, 1.82) is 0 Å². The summed E-state index contributed by atoms with van der Waals surface area (Å²) in [6.07, 6.45) is 8.08. The lowest BCUT2D eigenvalue weighted by Gasteiger charge is -2.41. The number of amides is 3. The van der Waals surface area contributed by atoms with E-state index < -0.39 is 35.1 Å². The van der Waals surface area contributed by atoms with E-state index in [1.165, 1.54) is 4.90 Å². The third kappa shape index (κ3) is 4.56. The smallest absolute Gasteiger partial charge is 0.253 e. The predicted molar refractivity (Wildman–Crippen MR) is 166 cm³/mol. The second-order valence-electron chi connectivity index (χ2n) is 12.5. The molecule has 2 aromatic rings. The largest absolute Gasteiger partial charge is 0.497 e. The van der Waals surface area contributed by atoms with Crippen molar-refractivity contribution >= 4 is 23.4 Å². The second-order valence-corrected chi connectivity index (χ2v) is 12.5. The maximum Gasteiger partial charge on any atom is 0.253 e. The van der Waals surface area contributed by atoms with Crippen LogP contribution < -0.4 is 9.64 Å². The summed E-state index contributed by atoms with van der Waals surface area (Å²) < 4.78 is 12.4. The van der Waals surface area contributed by atoms with E-state index in [0.717, 1.165) is 5.56 Å². The molecule has 2 aromatic carbocycles. The minimum atomic E-state index is -1.39. The summed E-state index contributed by atoms with van der Waals surface area (Å²) in [6.45, 7) is 6.54. The van der Waals surface area contributed by atoms with Gasteiger partial charge >= 0.3 is 0 Å². The molecule has 9 heteroatoms. The zero-order chi connectivity index (χ0) is 31.2. The monoisotopic (exact) mass is 599 g/mol. The number of carbonyl (C=O) groups excluding carboxylic acids is 3. The first kappa shape index (κ1) is 30.1. The van der Waals surface area contributed by atoms with Crippen LogP contribution in [0.15, 0.2) is 78.9 Å². The molecule has 0 radical (unpaired) electrons. The molecule has 4 aliphatic rings. The lowest BCUT2D eigenvalue weighted by atomic mass is 9.73. The van der Waals surface area contributed by atoms with Crippen LogP contribution in [0.5, 0.6) is 5.75 Å². The number of ether oxygens (including phenoxy) is 2. The molecule has 6 rings (SSSR count). The van der Waals surface area contributed by atoms with Gasteiger partial charge in [0.25, 0.3) is 5.91 Å². The summed E-state index contributed by atoms with van der Waals surface area (Å²) in [5, 5.41) is 10.6. The molecule has 0 aliphatic carbocycles. The number of carbonyl (C=O) groups is 3. The number of hydrogen-bond donors (Lipinski definition) is 1. The van der Waals surface area contributed by atoms with Gasteiger partial charge in [0, 0.05) is 25.3 Å². The minimum Gasteiger partial charge on any atom is -0.497 e. The Morgan fingerprint density at radius 2 is 1.64 bits per heavy atom. The van der Waals surface area contributed by atoms with Crippen molar-refractivity contribution in [2.45, 2.75) is 57.0 Å². The number of hydrogen-bond acceptors (Lipinski definition) is 6. The second kappa shape index (κ2) is 11.5. The first-order valence-corrected chi connectivity index (χ1v) is 15.5. The quantitative estimate of drug-likeness (QED) is 0.466. The predicted octanol–water partition coefficient (Wildman–Crippen LogP) is 3.57. The van der Waals surface area contributed by atoms with E-state index >= 15 is 0 Å². The molecule has 6 atom stereocenters. The van der Waals surface area contributed by atoms with Crippen LogP contribution in [0.2, 0.25) is 0 Å². The van der Waals surface area contributed by atoms with Crippen LogP contribution in [0.3, 0.4) is 0 Å². The lowest BCUT2D eigenvalue weighted by molar-refractivity contribution is -0.153. The third-order valence-corrected chi connectivity index (χ3v) is 9.88. The molecular weight excluding hydrogens is 558 g/mol. The van der Waals surface area contributed by atoms with E-state index in [0.29, 0.717) is 30.9 Å². The Bertz CT molecular complexity index is 1470. The highest BCUT2D eigenvalue weighted by Crippen LogP contribution is 2.59. The third-order valence-electron chi connectivity index (χ3n) is 9.88. The average molecular weight is 600 g/mol. The number of aliphatic hydroxyl groups excluding tert-OH is 1. The van der Waals surface area contributed by atoms with Crippen molar-refractivity contribution in [1.82, 2.24) is 9.80 Å². The van der Waals surface area contributed by atoms with Gasteiger partial charge in [-0.15, -0.1) is 0 Å². The Morgan fingerprint density at radius 1 is 0.932 bits per heavy atom. The number of rotatable bonds is 8. The van der Waals surface area contributed by atoms with Crippen LogP contribution in [0.4, 0.5) is 5.69 Å². The molecule has 4 aliphatic heterocycles. The number of fused-ring (bicyclic) bond motifs is 2. The molecule has 0 aromatic heterocycles. The maximum absolute atomic E-state index is 14.8. The molecule has 1 spiro atoms. The Hall–Kier alpha value is -3.95. The van der Waals surface area contributed by atoms with E-state index in [1.54, 1.807) is 29.0 Å². The van der Waals surface area contributed by atoms with Gasteiger partial charge in [-0.2, -0.15) is 0 Å². The van der Waals surface area contributed by atoms with Crippen molar-refractivity contribution in [3.63, 3.8) is 0 Å². The molecule has 9 nitrogen and oxygen atoms in total. The number of likely N-dealkylation sites (tertiary alicyclic amines) is 1. The van der Waals surface area contributed by atoms with E-state index in [1.807, 2.05) is 87.5 Å². The molecule has 232 valence electrons. The highest BCUT2D eigenvalue weighted by Gasteiger charge is 2.76. The Kier molecular flexibility index (Phi) is 7.88. The molecule has 1 unspecified atom stereocenters. The molecule has 2 fully saturated rings. The van der Waals surface area contributed by atoms with E-state index in [2.05, 4.69) is 0 Å². The number of benzene rings is 2. The molecular formula is C35H41N3O6. The Labute approximate surface area is 258 Å². The van der Waals surface area contributed by atoms with Gasteiger partial charge in [-0.05, 0) is 42.2 Å². The lowest BCUT2D eigenvalue weighted by Crippen LogP contribution is -2.60. The summed E-state index contributed by atoms with van der Waals surface area (Å²) >= 11 is 0. The van der Waals surface area contributed by atoms with Crippen molar-refractivity contribution < 1.29 is 29.0 Å². The standard InChI is InChI=1S/C35H41N3O6/c1-5-34-17-9-19-36(21-24-11-7-6-8-12-24)31(40)28(34)29-32(41)38(27(22-39)23(2)3)30-33(42)37(20-10-18-35(29,30)44-34)25-13-15-26(43-4)16-14-25/h6-18,23,27-30,39H,5,19-22H2,1-4H3/t27-,28+,29-,30?,34-,35-/m0/s1. The zero-order valence-corrected chi connectivity index (χ0v) is 25.8. The average Bonchev–Trinajstić information content (AvgIpc) is 3.32. The summed E-state index contributed by atoms with van der Waals surface area (Å²) in [5.41, 5.74) is -0.821. The molecule has 3 amide bonds. The number of anilines is 1. The minimum absolute atomic E-state index is 0.149. The van der Waals surface area contributed by atoms with Crippen LogP contribution in [0.25, 0.3) is 0 Å². The van der Waals surface area contributed by atoms with Crippen LogP contribution in [0.1, 0.15) is 32.8 Å². The normalized spacial score (nSPS) is 30.3. The first-order valence-electron chi connectivity index (χ1n) is 15.5. The molecule has 1 N–H and O–H groups in total. The molecule has 44 heavy (non-hydrogen) atoms. The molecule has 2 saturated heterocycles. The Morgan fingerprint density at radius 3 is 2.27 bits per heavy atom.